The van der Waals surface area contributed by atoms with Gasteiger partial charge in [0.1, 0.15) is 0 Å². The predicted molar refractivity (Wildman–Crippen MR) is 75.0 cm³/mol. The van der Waals surface area contributed by atoms with Gasteiger partial charge in [0, 0.05) is 0 Å². The van der Waals surface area contributed by atoms with Crippen molar-refractivity contribution in [3.05, 3.63) is 0 Å². The van der Waals surface area contributed by atoms with E-state index in [4.69, 9.17) is 0 Å². The second-order valence-corrected chi connectivity index (χ2v) is 5.13. The molecule has 0 radical (unpaired) electrons. The topological polar surface area (TPSA) is 3.24 Å². The Bertz CT molecular complexity index is 123. The van der Waals surface area contributed by atoms with Crippen LogP contribution in [-0.2, 0) is 0 Å². The lowest BCUT2D eigenvalue weighted by molar-refractivity contribution is 0.315. The summed E-state index contributed by atoms with van der Waals surface area (Å²) in [6, 6.07) is 0. The molecule has 16 heavy (non-hydrogen) atoms. The van der Waals surface area contributed by atoms with Crippen LogP contribution in [0, 0.1) is 0 Å². The van der Waals surface area contributed by atoms with Crippen molar-refractivity contribution in [3.8, 4) is 0 Å². The normalized spacial score (nSPS) is 11.2. The molecule has 1 nitrogen and oxygen atoms in total. The monoisotopic (exact) mass is 227 g/mol. The zero-order valence-electron chi connectivity index (χ0n) is 11.9. The molecule has 0 bridgehead atoms. The Balaban J connectivity index is 3.08. The fourth-order valence-electron chi connectivity index (χ4n) is 2.08. The Morgan fingerprint density at radius 2 is 0.938 bits per heavy atom. The lowest BCUT2D eigenvalue weighted by atomic mass is 10.1. The van der Waals surface area contributed by atoms with Crippen molar-refractivity contribution in [3.63, 3.8) is 0 Å². The summed E-state index contributed by atoms with van der Waals surface area (Å²) < 4.78 is 0. The Morgan fingerprint density at radius 3 is 1.44 bits per heavy atom. The third kappa shape index (κ3) is 12.0. The van der Waals surface area contributed by atoms with Gasteiger partial charge in [-0.15, -0.1) is 0 Å². The van der Waals surface area contributed by atoms with Crippen LogP contribution in [-0.4, -0.2) is 25.0 Å². The SMILES string of the molecule is CCCCCCCCN(C)CCCCCC. The Labute approximate surface area is 104 Å². The molecule has 0 rings (SSSR count). The highest BCUT2D eigenvalue weighted by Crippen LogP contribution is 2.06. The van der Waals surface area contributed by atoms with E-state index in [0.717, 1.165) is 0 Å². The first-order valence-corrected chi connectivity index (χ1v) is 7.49. The van der Waals surface area contributed by atoms with Crippen LogP contribution >= 0.6 is 0 Å². The molecular formula is C15H33N. The van der Waals surface area contributed by atoms with E-state index in [0.29, 0.717) is 0 Å². The lowest BCUT2D eigenvalue weighted by Gasteiger charge is -2.16. The zero-order valence-corrected chi connectivity index (χ0v) is 11.9. The molecule has 0 aromatic carbocycles. The van der Waals surface area contributed by atoms with Crippen LogP contribution in [0.1, 0.15) is 78.1 Å². The summed E-state index contributed by atoms with van der Waals surface area (Å²) in [5, 5.41) is 0. The van der Waals surface area contributed by atoms with Crippen LogP contribution in [0.2, 0.25) is 0 Å². The van der Waals surface area contributed by atoms with Crippen molar-refractivity contribution in [1.82, 2.24) is 4.90 Å². The standard InChI is InChI=1S/C15H33N/c1-4-6-8-10-11-13-15-16(3)14-12-9-7-5-2/h4-15H2,1-3H3. The van der Waals surface area contributed by atoms with Gasteiger partial charge in [0.2, 0.25) is 0 Å². The van der Waals surface area contributed by atoms with Crippen molar-refractivity contribution in [2.75, 3.05) is 20.1 Å². The summed E-state index contributed by atoms with van der Waals surface area (Å²) in [4.78, 5) is 2.51. The third-order valence-corrected chi connectivity index (χ3v) is 3.29. The average Bonchev–Trinajstić information content (AvgIpc) is 2.29. The van der Waals surface area contributed by atoms with Crippen molar-refractivity contribution >= 4 is 0 Å². The van der Waals surface area contributed by atoms with E-state index < -0.39 is 0 Å². The third-order valence-electron chi connectivity index (χ3n) is 3.29. The molecule has 0 aliphatic carbocycles. The number of hydrogen-bond donors (Lipinski definition) is 0. The maximum atomic E-state index is 2.51. The molecule has 0 spiro atoms. The van der Waals surface area contributed by atoms with E-state index >= 15 is 0 Å². The predicted octanol–water partition coefficient (Wildman–Crippen LogP) is 4.86. The fraction of sp³-hybridized carbons (Fsp3) is 1.00. The number of unbranched alkanes of at least 4 members (excludes halogenated alkanes) is 8. The summed E-state index contributed by atoms with van der Waals surface area (Å²) >= 11 is 0. The van der Waals surface area contributed by atoms with E-state index in [1.807, 2.05) is 0 Å². The minimum atomic E-state index is 1.30. The van der Waals surface area contributed by atoms with E-state index in [1.54, 1.807) is 0 Å². The highest BCUT2D eigenvalue weighted by atomic mass is 15.1. The van der Waals surface area contributed by atoms with Gasteiger partial charge in [0.25, 0.3) is 0 Å². The first-order valence-electron chi connectivity index (χ1n) is 7.49. The van der Waals surface area contributed by atoms with Crippen molar-refractivity contribution < 1.29 is 0 Å². The second-order valence-electron chi connectivity index (χ2n) is 5.13. The molecule has 0 saturated carbocycles. The second kappa shape index (κ2) is 13.0. The molecule has 0 atom stereocenters. The Morgan fingerprint density at radius 1 is 0.562 bits per heavy atom. The van der Waals surface area contributed by atoms with E-state index in [1.165, 1.54) is 77.3 Å². The first kappa shape index (κ1) is 16.0. The van der Waals surface area contributed by atoms with Gasteiger partial charge in [-0.25, -0.2) is 0 Å². The lowest BCUT2D eigenvalue weighted by Crippen LogP contribution is -2.20. The molecule has 0 heterocycles. The molecule has 0 aliphatic rings. The number of rotatable bonds is 12. The number of nitrogens with zero attached hydrogens (tertiary/aromatic N) is 1. The van der Waals surface area contributed by atoms with E-state index in [9.17, 15) is 0 Å². The minimum Gasteiger partial charge on any atom is -0.306 e. The molecule has 0 N–H and O–H groups in total. The van der Waals surface area contributed by atoms with E-state index in [-0.39, 0.29) is 0 Å². The maximum Gasteiger partial charge on any atom is -0.00218 e. The van der Waals surface area contributed by atoms with Crippen LogP contribution in [0.15, 0.2) is 0 Å². The van der Waals surface area contributed by atoms with E-state index in [2.05, 4.69) is 25.8 Å². The molecule has 0 saturated heterocycles. The summed E-state index contributed by atoms with van der Waals surface area (Å²) in [5.74, 6) is 0. The van der Waals surface area contributed by atoms with Crippen LogP contribution in [0.3, 0.4) is 0 Å². The minimum absolute atomic E-state index is 1.30. The average molecular weight is 227 g/mol. The van der Waals surface area contributed by atoms with Crippen LogP contribution < -0.4 is 0 Å². The molecule has 0 fully saturated rings. The highest BCUT2D eigenvalue weighted by Gasteiger charge is 1.97. The molecule has 0 unspecified atom stereocenters. The van der Waals surface area contributed by atoms with Gasteiger partial charge in [-0.05, 0) is 33.0 Å². The zero-order chi connectivity index (χ0) is 12.1. The van der Waals surface area contributed by atoms with Gasteiger partial charge in [-0.2, -0.15) is 0 Å². The van der Waals surface area contributed by atoms with Crippen molar-refractivity contribution in [2.45, 2.75) is 78.1 Å². The summed E-state index contributed by atoms with van der Waals surface area (Å²) in [7, 11) is 2.28. The largest absolute Gasteiger partial charge is 0.306 e. The number of hydrogen-bond acceptors (Lipinski definition) is 1. The molecule has 98 valence electrons. The fourth-order valence-corrected chi connectivity index (χ4v) is 2.08. The molecule has 0 amide bonds. The van der Waals surface area contributed by atoms with Gasteiger partial charge in [0.05, 0.1) is 0 Å². The quantitative estimate of drug-likeness (QED) is 0.430. The molecule has 0 aromatic rings. The van der Waals surface area contributed by atoms with Crippen LogP contribution in [0.25, 0.3) is 0 Å². The summed E-state index contributed by atoms with van der Waals surface area (Å²) in [6.45, 7) is 7.16. The van der Waals surface area contributed by atoms with Gasteiger partial charge in [-0.1, -0.05) is 65.2 Å². The summed E-state index contributed by atoms with van der Waals surface area (Å²) in [6.07, 6.45) is 14.1. The van der Waals surface area contributed by atoms with Gasteiger partial charge >= 0.3 is 0 Å². The smallest absolute Gasteiger partial charge is 0.00218 e. The molecule has 1 heteroatoms. The first-order chi connectivity index (χ1) is 7.81. The van der Waals surface area contributed by atoms with Gasteiger partial charge in [-0.3, -0.25) is 0 Å². The Kier molecular flexibility index (Phi) is 13.0. The molecule has 0 aliphatic heterocycles. The highest BCUT2D eigenvalue weighted by molar-refractivity contribution is 4.53. The molecular weight excluding hydrogens is 194 g/mol. The maximum absolute atomic E-state index is 2.51. The summed E-state index contributed by atoms with van der Waals surface area (Å²) in [5.41, 5.74) is 0. The van der Waals surface area contributed by atoms with Crippen molar-refractivity contribution in [2.24, 2.45) is 0 Å². The van der Waals surface area contributed by atoms with Crippen molar-refractivity contribution in [1.29, 1.82) is 0 Å². The van der Waals surface area contributed by atoms with Crippen LogP contribution in [0.4, 0.5) is 0 Å². The van der Waals surface area contributed by atoms with Gasteiger partial charge in [0.15, 0.2) is 0 Å². The van der Waals surface area contributed by atoms with Gasteiger partial charge < -0.3 is 4.90 Å². The Hall–Kier alpha value is -0.0400. The molecule has 0 aromatic heterocycles. The van der Waals surface area contributed by atoms with Crippen LogP contribution in [0.5, 0.6) is 0 Å².